The van der Waals surface area contributed by atoms with Crippen LogP contribution in [0.2, 0.25) is 0 Å². The number of aromatic amines is 1. The number of aryl methyl sites for hydroxylation is 1. The van der Waals surface area contributed by atoms with Gasteiger partial charge in [-0.3, -0.25) is 9.89 Å². The Morgan fingerprint density at radius 3 is 2.91 bits per heavy atom. The van der Waals surface area contributed by atoms with E-state index in [1.807, 2.05) is 31.2 Å². The summed E-state index contributed by atoms with van der Waals surface area (Å²) in [4.78, 5) is 15.5. The van der Waals surface area contributed by atoms with Gasteiger partial charge in [0.05, 0.1) is 0 Å². The topological polar surface area (TPSA) is 108 Å². The molecule has 0 aliphatic carbocycles. The van der Waals surface area contributed by atoms with E-state index in [0.717, 1.165) is 27.8 Å². The number of carbonyl (C=O) groups excluding carboxylic acids is 1. The molecule has 3 rings (SSSR count). The molecule has 0 saturated heterocycles. The molecule has 0 aliphatic rings. The minimum atomic E-state index is -0.741. The summed E-state index contributed by atoms with van der Waals surface area (Å²) in [7, 11) is 0. The van der Waals surface area contributed by atoms with Crippen LogP contribution < -0.4 is 5.73 Å². The molecule has 6 heteroatoms. The van der Waals surface area contributed by atoms with Crippen molar-refractivity contribution in [1.82, 2.24) is 15.2 Å². The first-order chi connectivity index (χ1) is 11.1. The summed E-state index contributed by atoms with van der Waals surface area (Å²) in [6.07, 6.45) is 3.21. The number of benzene rings is 1. The van der Waals surface area contributed by atoms with Gasteiger partial charge in [0.25, 0.3) is 5.91 Å². The molecule has 6 nitrogen and oxygen atoms in total. The predicted molar refractivity (Wildman–Crippen MR) is 86.8 cm³/mol. The maximum Gasteiger partial charge on any atom is 0.259 e. The molecule has 0 unspecified atom stereocenters. The number of primary amides is 1. The van der Waals surface area contributed by atoms with Crippen molar-refractivity contribution in [1.29, 1.82) is 5.26 Å². The third kappa shape index (κ3) is 2.80. The van der Waals surface area contributed by atoms with E-state index in [0.29, 0.717) is 5.65 Å². The van der Waals surface area contributed by atoms with Gasteiger partial charge in [-0.25, -0.2) is 4.98 Å². The number of hydrogen-bond acceptors (Lipinski definition) is 4. The van der Waals surface area contributed by atoms with Crippen molar-refractivity contribution in [2.24, 2.45) is 5.73 Å². The summed E-state index contributed by atoms with van der Waals surface area (Å²) >= 11 is 0. The van der Waals surface area contributed by atoms with Crippen molar-refractivity contribution in [3.05, 3.63) is 53.4 Å². The molecular formula is C17H13N5O. The number of H-pyrrole nitrogens is 1. The summed E-state index contributed by atoms with van der Waals surface area (Å²) in [6.45, 7) is 1.94. The maximum absolute atomic E-state index is 11.2. The van der Waals surface area contributed by atoms with Crippen LogP contribution in [0.15, 0.2) is 42.1 Å². The highest BCUT2D eigenvalue weighted by molar-refractivity contribution is 6.00. The van der Waals surface area contributed by atoms with E-state index in [1.165, 1.54) is 6.08 Å². The zero-order valence-electron chi connectivity index (χ0n) is 12.4. The number of hydrogen-bond donors (Lipinski definition) is 2. The van der Waals surface area contributed by atoms with Gasteiger partial charge in [-0.05, 0) is 36.3 Å². The monoisotopic (exact) mass is 303 g/mol. The Labute approximate surface area is 132 Å². The summed E-state index contributed by atoms with van der Waals surface area (Å²) < 4.78 is 0. The van der Waals surface area contributed by atoms with Crippen LogP contribution in [0.4, 0.5) is 0 Å². The maximum atomic E-state index is 11.2. The third-order valence-corrected chi connectivity index (χ3v) is 3.52. The average molecular weight is 303 g/mol. The van der Waals surface area contributed by atoms with Crippen molar-refractivity contribution >= 4 is 23.0 Å². The predicted octanol–water partition coefficient (Wildman–Crippen LogP) is 2.33. The molecule has 0 fully saturated rings. The SMILES string of the molecule is Cc1[nH]nc2ncc(-c3cccc(/C=C(\C#N)C(N)=O)c3)cc12. The van der Waals surface area contributed by atoms with E-state index in [2.05, 4.69) is 15.2 Å². The zero-order chi connectivity index (χ0) is 16.4. The number of amides is 1. The molecule has 0 spiro atoms. The molecule has 23 heavy (non-hydrogen) atoms. The summed E-state index contributed by atoms with van der Waals surface area (Å²) in [6, 6.07) is 11.3. The highest BCUT2D eigenvalue weighted by atomic mass is 16.1. The summed E-state index contributed by atoms with van der Waals surface area (Å²) in [5.74, 6) is -0.741. The number of nitrogens with two attached hydrogens (primary N) is 1. The minimum absolute atomic E-state index is 0.0820. The molecule has 0 atom stereocenters. The first kappa shape index (κ1) is 14.5. The second-order valence-corrected chi connectivity index (χ2v) is 5.10. The van der Waals surface area contributed by atoms with Crippen LogP contribution in [0.1, 0.15) is 11.3 Å². The number of aromatic nitrogens is 3. The quantitative estimate of drug-likeness (QED) is 0.571. The van der Waals surface area contributed by atoms with Crippen LogP contribution in [0.5, 0.6) is 0 Å². The van der Waals surface area contributed by atoms with Crippen LogP contribution in [0.3, 0.4) is 0 Å². The molecule has 0 saturated carbocycles. The Morgan fingerprint density at radius 2 is 2.17 bits per heavy atom. The van der Waals surface area contributed by atoms with Crippen molar-refractivity contribution in [2.75, 3.05) is 0 Å². The Hall–Kier alpha value is -3.46. The van der Waals surface area contributed by atoms with Gasteiger partial charge in [-0.2, -0.15) is 10.4 Å². The molecule has 2 heterocycles. The Balaban J connectivity index is 2.06. The largest absolute Gasteiger partial charge is 0.365 e. The van der Waals surface area contributed by atoms with Crippen LogP contribution in [-0.2, 0) is 4.79 Å². The second-order valence-electron chi connectivity index (χ2n) is 5.10. The number of carbonyl (C=O) groups is 1. The summed E-state index contributed by atoms with van der Waals surface area (Å²) in [5, 5.41) is 16.9. The van der Waals surface area contributed by atoms with Gasteiger partial charge < -0.3 is 5.73 Å². The van der Waals surface area contributed by atoms with Gasteiger partial charge in [0, 0.05) is 22.8 Å². The van der Waals surface area contributed by atoms with Crippen LogP contribution in [0.25, 0.3) is 28.2 Å². The molecule has 1 aromatic carbocycles. The van der Waals surface area contributed by atoms with Crippen LogP contribution in [0, 0.1) is 18.3 Å². The number of pyridine rings is 1. The lowest BCUT2D eigenvalue weighted by molar-refractivity contribution is -0.114. The standard InChI is InChI=1S/C17H13N5O/c1-10-15-7-14(9-20-17(15)22-21-10)12-4-2-3-11(5-12)6-13(8-18)16(19)23/h2-7,9H,1H3,(H2,19,23)(H,20,21,22)/b13-6+. The number of nitrogens with one attached hydrogen (secondary N) is 1. The van der Waals surface area contributed by atoms with Gasteiger partial charge in [0.2, 0.25) is 0 Å². The highest BCUT2D eigenvalue weighted by Gasteiger charge is 2.07. The number of fused-ring (bicyclic) bond motifs is 1. The number of rotatable bonds is 3. The Bertz CT molecular complexity index is 978. The number of nitriles is 1. The third-order valence-electron chi connectivity index (χ3n) is 3.52. The van der Waals surface area contributed by atoms with Crippen LogP contribution >= 0.6 is 0 Å². The Kier molecular flexibility index (Phi) is 3.61. The molecule has 0 bridgehead atoms. The fraction of sp³-hybridized carbons (Fsp3) is 0.0588. The van der Waals surface area contributed by atoms with Gasteiger partial charge >= 0.3 is 0 Å². The molecule has 3 aromatic rings. The van der Waals surface area contributed by atoms with Crippen molar-refractivity contribution in [3.8, 4) is 17.2 Å². The van der Waals surface area contributed by atoms with Crippen molar-refractivity contribution in [3.63, 3.8) is 0 Å². The smallest absolute Gasteiger partial charge is 0.259 e. The highest BCUT2D eigenvalue weighted by Crippen LogP contribution is 2.24. The van der Waals surface area contributed by atoms with E-state index in [9.17, 15) is 4.79 Å². The van der Waals surface area contributed by atoms with E-state index in [1.54, 1.807) is 18.3 Å². The normalized spacial score (nSPS) is 11.4. The lowest BCUT2D eigenvalue weighted by atomic mass is 10.0. The molecule has 0 radical (unpaired) electrons. The molecule has 3 N–H and O–H groups in total. The molecule has 1 amide bonds. The molecular weight excluding hydrogens is 290 g/mol. The zero-order valence-corrected chi connectivity index (χ0v) is 12.4. The fourth-order valence-corrected chi connectivity index (χ4v) is 2.31. The van der Waals surface area contributed by atoms with Gasteiger partial charge in [-0.1, -0.05) is 18.2 Å². The first-order valence-corrected chi connectivity index (χ1v) is 6.91. The average Bonchev–Trinajstić information content (AvgIpc) is 2.93. The Morgan fingerprint density at radius 1 is 1.35 bits per heavy atom. The van der Waals surface area contributed by atoms with E-state index >= 15 is 0 Å². The van der Waals surface area contributed by atoms with Crippen molar-refractivity contribution in [2.45, 2.75) is 6.92 Å². The molecule has 2 aromatic heterocycles. The number of nitrogens with zero attached hydrogens (tertiary/aromatic N) is 3. The van der Waals surface area contributed by atoms with Crippen LogP contribution in [-0.4, -0.2) is 21.1 Å². The lowest BCUT2D eigenvalue weighted by Gasteiger charge is -2.03. The van der Waals surface area contributed by atoms with E-state index in [-0.39, 0.29) is 5.57 Å². The van der Waals surface area contributed by atoms with Gasteiger partial charge in [0.1, 0.15) is 11.6 Å². The second kappa shape index (κ2) is 5.73. The van der Waals surface area contributed by atoms with E-state index < -0.39 is 5.91 Å². The fourth-order valence-electron chi connectivity index (χ4n) is 2.31. The lowest BCUT2D eigenvalue weighted by Crippen LogP contribution is -2.12. The van der Waals surface area contributed by atoms with Gasteiger partial charge in [-0.15, -0.1) is 0 Å². The van der Waals surface area contributed by atoms with E-state index in [4.69, 9.17) is 11.0 Å². The summed E-state index contributed by atoms with van der Waals surface area (Å²) in [5.41, 5.74) is 9.27. The first-order valence-electron chi connectivity index (χ1n) is 6.91. The minimum Gasteiger partial charge on any atom is -0.365 e. The van der Waals surface area contributed by atoms with Gasteiger partial charge in [0.15, 0.2) is 5.65 Å². The molecule has 112 valence electrons. The molecule has 0 aliphatic heterocycles. The van der Waals surface area contributed by atoms with Crippen molar-refractivity contribution < 1.29 is 4.79 Å².